The lowest BCUT2D eigenvalue weighted by atomic mass is 10.0. The second-order valence-electron chi connectivity index (χ2n) is 10.00. The number of aromatic nitrogens is 3. The molecule has 1 saturated heterocycles. The van der Waals surface area contributed by atoms with Crippen LogP contribution in [-0.4, -0.2) is 59.9 Å². The molecule has 9 nitrogen and oxygen atoms in total. The van der Waals surface area contributed by atoms with Gasteiger partial charge < -0.3 is 15.1 Å². The van der Waals surface area contributed by atoms with Gasteiger partial charge in [0, 0.05) is 25.7 Å². The molecular weight excluding hydrogens is 545 g/mol. The van der Waals surface area contributed by atoms with Crippen LogP contribution < -0.4 is 4.90 Å². The van der Waals surface area contributed by atoms with E-state index >= 15 is 0 Å². The third-order valence-corrected chi connectivity index (χ3v) is 7.32. The Morgan fingerprint density at radius 3 is 2.35 bits per heavy atom. The second-order valence-corrected chi connectivity index (χ2v) is 10.4. The summed E-state index contributed by atoms with van der Waals surface area (Å²) in [5.74, 6) is -0.691. The number of aliphatic hydroxyl groups is 2. The number of aliphatic hydroxyl groups excluding tert-OH is 2. The van der Waals surface area contributed by atoms with Crippen molar-refractivity contribution in [3.63, 3.8) is 0 Å². The summed E-state index contributed by atoms with van der Waals surface area (Å²) < 4.78 is 42.2. The highest BCUT2D eigenvalue weighted by atomic mass is 32.1. The molecule has 2 aromatic carbocycles. The Bertz CT molecular complexity index is 1440. The molecule has 13 heteroatoms. The number of halogens is 3. The van der Waals surface area contributed by atoms with Gasteiger partial charge in [-0.15, -0.1) is 5.10 Å². The van der Waals surface area contributed by atoms with Crippen molar-refractivity contribution in [1.82, 2.24) is 19.9 Å². The number of alkyl halides is 3. The van der Waals surface area contributed by atoms with Crippen molar-refractivity contribution in [2.24, 2.45) is 5.92 Å². The number of amides is 1. The predicted molar refractivity (Wildman–Crippen MR) is 143 cm³/mol. The molecule has 1 fully saturated rings. The van der Waals surface area contributed by atoms with Gasteiger partial charge in [-0.1, -0.05) is 17.3 Å². The van der Waals surface area contributed by atoms with E-state index in [1.165, 1.54) is 12.1 Å². The number of hydrogen-bond acceptors (Lipinski definition) is 7. The first-order chi connectivity index (χ1) is 18.9. The summed E-state index contributed by atoms with van der Waals surface area (Å²) in [5.41, 5.74) is -0.602. The van der Waals surface area contributed by atoms with Crippen molar-refractivity contribution in [3.05, 3.63) is 71.0 Å². The first kappa shape index (κ1) is 29.1. The van der Waals surface area contributed by atoms with Crippen molar-refractivity contribution < 1.29 is 28.2 Å². The second kappa shape index (κ2) is 11.3. The summed E-state index contributed by atoms with van der Waals surface area (Å²) >= 11 is 5.56. The van der Waals surface area contributed by atoms with Crippen LogP contribution in [0.1, 0.15) is 42.7 Å². The van der Waals surface area contributed by atoms with E-state index in [0.29, 0.717) is 12.8 Å². The molecule has 210 valence electrons. The van der Waals surface area contributed by atoms with E-state index in [1.807, 2.05) is 24.3 Å². The van der Waals surface area contributed by atoms with Gasteiger partial charge in [0.2, 0.25) is 0 Å². The molecule has 4 rings (SSSR count). The van der Waals surface area contributed by atoms with Crippen molar-refractivity contribution in [2.75, 3.05) is 18.1 Å². The molecule has 0 radical (unpaired) electrons. The zero-order valence-electron chi connectivity index (χ0n) is 21.8. The van der Waals surface area contributed by atoms with E-state index in [2.05, 4.69) is 10.3 Å². The Morgan fingerprint density at radius 2 is 1.75 bits per heavy atom. The van der Waals surface area contributed by atoms with Crippen molar-refractivity contribution >= 4 is 28.9 Å². The van der Waals surface area contributed by atoms with Crippen molar-refractivity contribution in [3.8, 4) is 11.8 Å². The van der Waals surface area contributed by atoms with Crippen LogP contribution in [-0.2, 0) is 23.9 Å². The highest BCUT2D eigenvalue weighted by molar-refractivity contribution is 7.80. The van der Waals surface area contributed by atoms with E-state index in [1.54, 1.807) is 29.6 Å². The third-order valence-electron chi connectivity index (χ3n) is 6.92. The van der Waals surface area contributed by atoms with Gasteiger partial charge in [0.25, 0.3) is 5.91 Å². The Kier molecular flexibility index (Phi) is 8.25. The minimum Gasteiger partial charge on any atom is -0.396 e. The van der Waals surface area contributed by atoms with Crippen LogP contribution >= 0.6 is 12.2 Å². The van der Waals surface area contributed by atoms with Gasteiger partial charge in [0.05, 0.1) is 40.5 Å². The van der Waals surface area contributed by atoms with Crippen molar-refractivity contribution in [2.45, 2.75) is 44.9 Å². The summed E-state index contributed by atoms with van der Waals surface area (Å²) in [6.45, 7) is 3.32. The van der Waals surface area contributed by atoms with Gasteiger partial charge in [0.15, 0.2) is 5.11 Å². The molecule has 0 unspecified atom stereocenters. The minimum atomic E-state index is -4.77. The topological polar surface area (TPSA) is 119 Å². The summed E-state index contributed by atoms with van der Waals surface area (Å²) in [4.78, 5) is 16.1. The fraction of sp³-hybridized carbons (Fsp3) is 0.370. The molecule has 2 N–H and O–H groups in total. The van der Waals surface area contributed by atoms with Crippen LogP contribution in [0.25, 0.3) is 5.69 Å². The van der Waals surface area contributed by atoms with Gasteiger partial charge in [-0.05, 0) is 74.8 Å². The number of nitriles is 1. The smallest absolute Gasteiger partial charge is 0.396 e. The summed E-state index contributed by atoms with van der Waals surface area (Å²) in [7, 11) is 0. The third kappa shape index (κ3) is 5.70. The monoisotopic (exact) mass is 572 g/mol. The molecule has 0 atom stereocenters. The van der Waals surface area contributed by atoms with Crippen LogP contribution in [0, 0.1) is 17.2 Å². The quantitative estimate of drug-likeness (QED) is 0.374. The van der Waals surface area contributed by atoms with Crippen molar-refractivity contribution in [1.29, 1.82) is 5.26 Å². The fourth-order valence-electron chi connectivity index (χ4n) is 4.40. The van der Waals surface area contributed by atoms with Crippen LogP contribution in [0.5, 0.6) is 0 Å². The maximum Gasteiger partial charge on any atom is 0.417 e. The first-order valence-corrected chi connectivity index (χ1v) is 12.8. The largest absolute Gasteiger partial charge is 0.417 e. The Morgan fingerprint density at radius 1 is 1.10 bits per heavy atom. The minimum absolute atomic E-state index is 0.0569. The van der Waals surface area contributed by atoms with Crippen LogP contribution in [0.4, 0.5) is 18.9 Å². The van der Waals surface area contributed by atoms with Gasteiger partial charge >= 0.3 is 6.18 Å². The van der Waals surface area contributed by atoms with E-state index in [-0.39, 0.29) is 36.5 Å². The highest BCUT2D eigenvalue weighted by Crippen LogP contribution is 2.38. The summed E-state index contributed by atoms with van der Waals surface area (Å²) in [5, 5.41) is 35.9. The summed E-state index contributed by atoms with van der Waals surface area (Å²) in [6.07, 6.45) is -1.87. The van der Waals surface area contributed by atoms with E-state index < -0.39 is 28.7 Å². The number of aryl methyl sites for hydroxylation is 1. The van der Waals surface area contributed by atoms with Crippen LogP contribution in [0.2, 0.25) is 0 Å². The lowest BCUT2D eigenvalue weighted by molar-refractivity contribution is -0.137. The maximum atomic E-state index is 13.5. The number of rotatable bonds is 9. The predicted octanol–water partition coefficient (Wildman–Crippen LogP) is 3.60. The lowest BCUT2D eigenvalue weighted by Crippen LogP contribution is -2.43. The average Bonchev–Trinajstić information content (AvgIpc) is 3.46. The molecule has 3 aromatic rings. The molecule has 40 heavy (non-hydrogen) atoms. The molecule has 2 heterocycles. The Labute approximate surface area is 234 Å². The molecule has 0 aliphatic carbocycles. The normalized spacial score (nSPS) is 15.3. The highest BCUT2D eigenvalue weighted by Gasteiger charge is 2.49. The van der Waals surface area contributed by atoms with E-state index in [9.17, 15) is 28.2 Å². The Hall–Kier alpha value is -3.86. The number of carbonyl (C=O) groups is 1. The maximum absolute atomic E-state index is 13.5. The number of nitrogens with zero attached hydrogens (tertiary/aromatic N) is 6. The number of benzene rings is 2. The fourth-order valence-corrected chi connectivity index (χ4v) is 4.88. The van der Waals surface area contributed by atoms with Gasteiger partial charge in [0.1, 0.15) is 5.54 Å². The molecule has 1 amide bonds. The first-order valence-electron chi connectivity index (χ1n) is 12.4. The molecular formula is C27H27F3N6O3S. The van der Waals surface area contributed by atoms with Crippen LogP contribution in [0.15, 0.2) is 48.7 Å². The molecule has 1 aromatic heterocycles. The lowest BCUT2D eigenvalue weighted by Gasteiger charge is -2.29. The Balaban J connectivity index is 1.52. The van der Waals surface area contributed by atoms with E-state index in [0.717, 1.165) is 34.0 Å². The number of hydrogen-bond donors (Lipinski definition) is 2. The molecule has 1 aliphatic rings. The van der Waals surface area contributed by atoms with Gasteiger partial charge in [-0.25, -0.2) is 4.68 Å². The van der Waals surface area contributed by atoms with Gasteiger partial charge in [-0.3, -0.25) is 9.69 Å². The molecule has 1 aliphatic heterocycles. The zero-order chi connectivity index (χ0) is 29.2. The van der Waals surface area contributed by atoms with E-state index in [4.69, 9.17) is 17.5 Å². The van der Waals surface area contributed by atoms with Crippen LogP contribution in [0.3, 0.4) is 0 Å². The molecule has 0 spiro atoms. The standard InChI is InChI=1S/C27H27F3N6O3S/c1-26(2)24(39)36(22-10-6-19(12-31)23(11-22)27(28,29)30)25(40)34(26)13-17-4-8-21(9-5-17)35-14-20(32-33-35)7-3-18(15-37)16-38/h4-6,8-11,14,18,37-38H,3,7,13,15-16H2,1-2H3. The number of thiocarbonyl (C=S) groups is 1. The molecule has 0 saturated carbocycles. The zero-order valence-corrected chi connectivity index (χ0v) is 22.6. The SMILES string of the molecule is CC1(C)C(=O)N(c2ccc(C#N)c(C(F)(F)F)c2)C(=S)N1Cc1ccc(-n2cc(CCC(CO)CO)nn2)cc1. The van der Waals surface area contributed by atoms with Gasteiger partial charge in [-0.2, -0.15) is 18.4 Å². The number of carbonyl (C=O) groups excluding carboxylic acids is 1. The average molecular weight is 573 g/mol. The number of anilines is 1. The molecule has 0 bridgehead atoms. The summed E-state index contributed by atoms with van der Waals surface area (Å²) in [6, 6.07) is 11.9.